The molecule has 114 valence electrons. The number of benzene rings is 2. The first-order chi connectivity index (χ1) is 9.74. The van der Waals surface area contributed by atoms with Crippen molar-refractivity contribution in [3.8, 4) is 11.5 Å². The second-order valence-corrected chi connectivity index (χ2v) is 5.77. The van der Waals surface area contributed by atoms with E-state index < -0.39 is 8.15 Å². The summed E-state index contributed by atoms with van der Waals surface area (Å²) in [5, 5.41) is 1.60. The predicted octanol–water partition coefficient (Wildman–Crippen LogP) is -1.18. The van der Waals surface area contributed by atoms with Crippen molar-refractivity contribution in [2.45, 2.75) is 13.8 Å². The van der Waals surface area contributed by atoms with Crippen LogP contribution in [0.1, 0.15) is 13.8 Å². The smallest absolute Gasteiger partial charge is 1.00 e. The third kappa shape index (κ3) is 5.94. The third-order valence-electron chi connectivity index (χ3n) is 2.76. The van der Waals surface area contributed by atoms with Crippen LogP contribution in [0.3, 0.4) is 0 Å². The molecule has 0 N–H and O–H groups in total. The van der Waals surface area contributed by atoms with E-state index in [4.69, 9.17) is 9.47 Å². The van der Waals surface area contributed by atoms with Crippen LogP contribution in [-0.4, -0.2) is 36.3 Å². The summed E-state index contributed by atoms with van der Waals surface area (Å²) in [6.45, 7) is 5.14. The molecule has 0 bridgehead atoms. The zero-order valence-corrected chi connectivity index (χ0v) is 15.9. The van der Waals surface area contributed by atoms with Crippen LogP contribution in [0.5, 0.6) is 11.5 Å². The van der Waals surface area contributed by atoms with E-state index in [9.17, 15) is 4.89 Å². The second kappa shape index (κ2) is 11.1. The van der Waals surface area contributed by atoms with Crippen LogP contribution in [0.2, 0.25) is 0 Å². The maximum atomic E-state index is 12.5. The van der Waals surface area contributed by atoms with Crippen LogP contribution < -0.4 is 37.4 Å². The Morgan fingerprint density at radius 2 is 1.09 bits per heavy atom. The summed E-state index contributed by atoms with van der Waals surface area (Å²) in [5.74, 6) is 1.60. The summed E-state index contributed by atoms with van der Waals surface area (Å²) >= 11 is 0. The van der Waals surface area contributed by atoms with Crippen molar-refractivity contribution >= 4 is 41.8 Å². The third-order valence-corrected chi connectivity index (χ3v) is 4.30. The molecule has 0 atom stereocenters. The average molecular weight is 349 g/mol. The standard InChI is InChI=1S/C16H18O3P.ClH.Mg/c1-3-18-13-5-9-15(10-6-13)20(17)16-11-7-14(8-12-16)19-4-2;;/h5-12H,3-4H2,1-2H3;1H;/q-1;;+2/p-1. The average Bonchev–Trinajstić information content (AvgIpc) is 2.49. The van der Waals surface area contributed by atoms with Crippen LogP contribution in [0.15, 0.2) is 48.5 Å². The van der Waals surface area contributed by atoms with E-state index in [1.54, 1.807) is 0 Å². The zero-order chi connectivity index (χ0) is 14.4. The predicted molar refractivity (Wildman–Crippen MR) is 87.2 cm³/mol. The van der Waals surface area contributed by atoms with Crippen molar-refractivity contribution in [2.24, 2.45) is 0 Å². The van der Waals surface area contributed by atoms with Gasteiger partial charge in [-0.1, -0.05) is 24.3 Å². The largest absolute Gasteiger partial charge is 2.00 e. The molecule has 0 fully saturated rings. The zero-order valence-electron chi connectivity index (χ0n) is 12.8. The topological polar surface area (TPSA) is 41.5 Å². The maximum absolute atomic E-state index is 12.5. The molecule has 0 saturated carbocycles. The van der Waals surface area contributed by atoms with Crippen LogP contribution in [0, 0.1) is 0 Å². The van der Waals surface area contributed by atoms with Gasteiger partial charge in [0.05, 0.1) is 13.2 Å². The number of hydrogen-bond donors (Lipinski definition) is 0. The van der Waals surface area contributed by atoms with Gasteiger partial charge >= 0.3 is 23.1 Å². The molecule has 0 aliphatic carbocycles. The van der Waals surface area contributed by atoms with E-state index in [1.807, 2.05) is 62.4 Å². The monoisotopic (exact) mass is 348 g/mol. The van der Waals surface area contributed by atoms with Crippen molar-refractivity contribution in [1.82, 2.24) is 0 Å². The van der Waals surface area contributed by atoms with E-state index in [0.717, 1.165) is 22.1 Å². The molecule has 0 amide bonds. The first kappa shape index (κ1) is 21.5. The van der Waals surface area contributed by atoms with Gasteiger partial charge < -0.3 is 26.8 Å². The number of ether oxygens (including phenoxy) is 2. The SMILES string of the molecule is CCOc1ccc(P([O-])c2ccc(OCC)cc2)cc1.[Cl-].[Mg+2]. The van der Waals surface area contributed by atoms with Gasteiger partial charge in [-0.2, -0.15) is 0 Å². The summed E-state index contributed by atoms with van der Waals surface area (Å²) in [6, 6.07) is 14.8. The molecule has 0 unspecified atom stereocenters. The van der Waals surface area contributed by atoms with E-state index >= 15 is 0 Å². The van der Waals surface area contributed by atoms with E-state index in [-0.39, 0.29) is 35.5 Å². The fourth-order valence-electron chi connectivity index (χ4n) is 1.84. The second-order valence-electron chi connectivity index (χ2n) is 4.15. The van der Waals surface area contributed by atoms with Crippen molar-refractivity contribution in [2.75, 3.05) is 13.2 Å². The first-order valence-corrected chi connectivity index (χ1v) is 7.93. The van der Waals surface area contributed by atoms with E-state index in [1.165, 1.54) is 0 Å². The minimum atomic E-state index is -1.58. The van der Waals surface area contributed by atoms with Crippen molar-refractivity contribution < 1.29 is 26.8 Å². The number of hydrogen-bond acceptors (Lipinski definition) is 3. The quantitative estimate of drug-likeness (QED) is 0.487. The van der Waals surface area contributed by atoms with Gasteiger partial charge in [-0.15, -0.1) is 8.15 Å². The Kier molecular flexibility index (Phi) is 10.8. The van der Waals surface area contributed by atoms with Crippen molar-refractivity contribution in [1.29, 1.82) is 0 Å². The van der Waals surface area contributed by atoms with Gasteiger partial charge in [-0.3, -0.25) is 0 Å². The molecular formula is C16H18ClMgO3P. The normalized spacial score (nSPS) is 9.64. The Morgan fingerprint density at radius 1 is 0.773 bits per heavy atom. The molecular weight excluding hydrogens is 331 g/mol. The molecule has 2 aromatic carbocycles. The molecule has 0 aromatic heterocycles. The van der Waals surface area contributed by atoms with E-state index in [0.29, 0.717) is 13.2 Å². The molecule has 0 aliphatic heterocycles. The van der Waals surface area contributed by atoms with Gasteiger partial charge in [0.25, 0.3) is 0 Å². The Balaban J connectivity index is 0.00000220. The molecule has 0 heterocycles. The number of rotatable bonds is 6. The molecule has 0 spiro atoms. The van der Waals surface area contributed by atoms with Crippen molar-refractivity contribution in [3.63, 3.8) is 0 Å². The fourth-order valence-corrected chi connectivity index (χ4v) is 2.98. The summed E-state index contributed by atoms with van der Waals surface area (Å²) < 4.78 is 10.8. The Bertz CT molecular complexity index is 485. The summed E-state index contributed by atoms with van der Waals surface area (Å²) in [5.41, 5.74) is 0. The molecule has 0 radical (unpaired) electrons. The van der Waals surface area contributed by atoms with Crippen LogP contribution in [0.25, 0.3) is 0 Å². The van der Waals surface area contributed by atoms with Crippen molar-refractivity contribution in [3.05, 3.63) is 48.5 Å². The first-order valence-electron chi connectivity index (χ1n) is 6.67. The molecule has 2 rings (SSSR count). The minimum absolute atomic E-state index is 0. The van der Waals surface area contributed by atoms with Gasteiger partial charge in [-0.25, -0.2) is 0 Å². The summed E-state index contributed by atoms with van der Waals surface area (Å²) in [6.07, 6.45) is 0. The number of halogens is 1. The molecule has 0 aliphatic rings. The van der Waals surface area contributed by atoms with E-state index in [2.05, 4.69) is 0 Å². The molecule has 6 heteroatoms. The van der Waals surface area contributed by atoms with Gasteiger partial charge in [0.15, 0.2) is 0 Å². The summed E-state index contributed by atoms with van der Waals surface area (Å²) in [7, 11) is -1.58. The molecule has 0 saturated heterocycles. The van der Waals surface area contributed by atoms with Crippen LogP contribution >= 0.6 is 8.15 Å². The Hall–Kier alpha value is -0.514. The molecule has 3 nitrogen and oxygen atoms in total. The Morgan fingerprint density at radius 3 is 1.36 bits per heavy atom. The van der Waals surface area contributed by atoms with Gasteiger partial charge in [0.1, 0.15) is 11.5 Å². The fraction of sp³-hybridized carbons (Fsp3) is 0.250. The van der Waals surface area contributed by atoms with Gasteiger partial charge in [0.2, 0.25) is 0 Å². The van der Waals surface area contributed by atoms with Crippen LogP contribution in [-0.2, 0) is 0 Å². The summed E-state index contributed by atoms with van der Waals surface area (Å²) in [4.78, 5) is 12.5. The molecule has 22 heavy (non-hydrogen) atoms. The van der Waals surface area contributed by atoms with Gasteiger partial charge in [0, 0.05) is 0 Å². The molecule has 2 aromatic rings. The Labute approximate surface area is 155 Å². The van der Waals surface area contributed by atoms with Crippen LogP contribution in [0.4, 0.5) is 0 Å². The van der Waals surface area contributed by atoms with Gasteiger partial charge in [-0.05, 0) is 48.7 Å². The minimum Gasteiger partial charge on any atom is -1.00 e. The maximum Gasteiger partial charge on any atom is 2.00 e.